The van der Waals surface area contributed by atoms with E-state index in [1.165, 1.54) is 11.8 Å². The molecule has 2 heterocycles. The number of imide groups is 1. The SMILES string of the molecule is CC(=O)Nc1ccc(C2=C(N3CC(C)CC(C)C3)C(=O)N(c3cccc(C)c3)C2=O)cc1. The molecule has 0 bridgehead atoms. The van der Waals surface area contributed by atoms with Crippen LogP contribution in [0, 0.1) is 18.8 Å². The summed E-state index contributed by atoms with van der Waals surface area (Å²) in [6.45, 7) is 9.25. The van der Waals surface area contributed by atoms with Gasteiger partial charge in [-0.05, 0) is 60.6 Å². The van der Waals surface area contributed by atoms with E-state index in [9.17, 15) is 14.4 Å². The summed E-state index contributed by atoms with van der Waals surface area (Å²) in [5, 5.41) is 2.74. The Morgan fingerprint density at radius 3 is 2.22 bits per heavy atom. The van der Waals surface area contributed by atoms with Crippen molar-refractivity contribution >= 4 is 34.7 Å². The Balaban J connectivity index is 1.80. The van der Waals surface area contributed by atoms with Gasteiger partial charge in [-0.3, -0.25) is 14.4 Å². The number of piperidine rings is 1. The maximum absolute atomic E-state index is 13.7. The van der Waals surface area contributed by atoms with Crippen LogP contribution in [0.2, 0.25) is 0 Å². The third-order valence-electron chi connectivity index (χ3n) is 6.00. The van der Waals surface area contributed by atoms with E-state index in [1.54, 1.807) is 30.3 Å². The van der Waals surface area contributed by atoms with E-state index in [-0.39, 0.29) is 17.7 Å². The van der Waals surface area contributed by atoms with Crippen molar-refractivity contribution in [3.05, 3.63) is 65.4 Å². The number of benzene rings is 2. The van der Waals surface area contributed by atoms with Crippen LogP contribution < -0.4 is 10.2 Å². The zero-order chi connectivity index (χ0) is 23.0. The van der Waals surface area contributed by atoms with Gasteiger partial charge in [0, 0.05) is 25.7 Å². The van der Waals surface area contributed by atoms with Crippen molar-refractivity contribution in [2.24, 2.45) is 11.8 Å². The lowest BCUT2D eigenvalue weighted by molar-refractivity contribution is -0.121. The summed E-state index contributed by atoms with van der Waals surface area (Å²) in [5.74, 6) is 0.124. The number of nitrogens with one attached hydrogen (secondary N) is 1. The molecule has 0 spiro atoms. The molecule has 0 aliphatic carbocycles. The molecule has 1 fully saturated rings. The number of carbonyl (C=O) groups excluding carboxylic acids is 3. The van der Waals surface area contributed by atoms with E-state index in [2.05, 4.69) is 24.1 Å². The first-order valence-corrected chi connectivity index (χ1v) is 11.1. The molecule has 0 radical (unpaired) electrons. The number of carbonyl (C=O) groups is 3. The van der Waals surface area contributed by atoms with Gasteiger partial charge in [-0.15, -0.1) is 0 Å². The normalized spacial score (nSPS) is 21.4. The molecule has 166 valence electrons. The molecule has 32 heavy (non-hydrogen) atoms. The van der Waals surface area contributed by atoms with E-state index in [4.69, 9.17) is 0 Å². The standard InChI is InChI=1S/C26H29N3O3/c1-16-6-5-7-22(13-16)29-25(31)23(20-8-10-21(11-9-20)27-19(4)30)24(26(29)32)28-14-17(2)12-18(3)15-28/h5-11,13,17-18H,12,14-15H2,1-4H3,(H,27,30). The lowest BCUT2D eigenvalue weighted by Gasteiger charge is -2.37. The Labute approximate surface area is 188 Å². The first-order valence-electron chi connectivity index (χ1n) is 11.1. The van der Waals surface area contributed by atoms with Crippen LogP contribution in [0.5, 0.6) is 0 Å². The fourth-order valence-corrected chi connectivity index (χ4v) is 4.84. The van der Waals surface area contributed by atoms with Crippen LogP contribution in [0.4, 0.5) is 11.4 Å². The van der Waals surface area contributed by atoms with Gasteiger partial charge in [0.1, 0.15) is 5.70 Å². The van der Waals surface area contributed by atoms with E-state index in [0.717, 1.165) is 25.1 Å². The molecule has 2 aliphatic heterocycles. The molecule has 2 aromatic rings. The van der Waals surface area contributed by atoms with Gasteiger partial charge in [-0.2, -0.15) is 0 Å². The minimum Gasteiger partial charge on any atom is -0.366 e. The summed E-state index contributed by atoms with van der Waals surface area (Å²) in [5.41, 5.74) is 3.79. The summed E-state index contributed by atoms with van der Waals surface area (Å²) >= 11 is 0. The Kier molecular flexibility index (Phi) is 5.87. The zero-order valence-electron chi connectivity index (χ0n) is 19.0. The van der Waals surface area contributed by atoms with Crippen LogP contribution in [-0.2, 0) is 14.4 Å². The predicted molar refractivity (Wildman–Crippen MR) is 126 cm³/mol. The van der Waals surface area contributed by atoms with Crippen LogP contribution in [0.1, 0.15) is 38.3 Å². The van der Waals surface area contributed by atoms with Crippen LogP contribution in [0.15, 0.2) is 54.2 Å². The monoisotopic (exact) mass is 431 g/mol. The summed E-state index contributed by atoms with van der Waals surface area (Å²) < 4.78 is 0. The third kappa shape index (κ3) is 4.17. The molecule has 2 aliphatic rings. The van der Waals surface area contributed by atoms with Crippen molar-refractivity contribution in [3.8, 4) is 0 Å². The average molecular weight is 432 g/mol. The summed E-state index contributed by atoms with van der Waals surface area (Å²) in [6.07, 6.45) is 1.11. The highest BCUT2D eigenvalue weighted by Crippen LogP contribution is 2.37. The lowest BCUT2D eigenvalue weighted by Crippen LogP contribution is -2.42. The number of hydrogen-bond donors (Lipinski definition) is 1. The number of hydrogen-bond acceptors (Lipinski definition) is 4. The molecule has 2 atom stereocenters. The van der Waals surface area contributed by atoms with Crippen molar-refractivity contribution in [3.63, 3.8) is 0 Å². The third-order valence-corrected chi connectivity index (χ3v) is 6.00. The zero-order valence-corrected chi connectivity index (χ0v) is 19.0. The molecule has 3 amide bonds. The van der Waals surface area contributed by atoms with Crippen LogP contribution in [0.3, 0.4) is 0 Å². The summed E-state index contributed by atoms with van der Waals surface area (Å²) in [6, 6.07) is 14.6. The fourth-order valence-electron chi connectivity index (χ4n) is 4.84. The van der Waals surface area contributed by atoms with Crippen molar-refractivity contribution in [1.82, 2.24) is 4.90 Å². The Bertz CT molecular complexity index is 1090. The molecular formula is C26H29N3O3. The predicted octanol–water partition coefficient (Wildman–Crippen LogP) is 4.22. The number of aryl methyl sites for hydroxylation is 1. The number of rotatable bonds is 4. The minimum atomic E-state index is -0.311. The molecule has 2 unspecified atom stereocenters. The average Bonchev–Trinajstić information content (AvgIpc) is 2.97. The molecular weight excluding hydrogens is 402 g/mol. The molecule has 1 saturated heterocycles. The smallest absolute Gasteiger partial charge is 0.282 e. The molecule has 0 aromatic heterocycles. The summed E-state index contributed by atoms with van der Waals surface area (Å²) in [7, 11) is 0. The van der Waals surface area contributed by atoms with Crippen LogP contribution >= 0.6 is 0 Å². The van der Waals surface area contributed by atoms with E-state index in [0.29, 0.717) is 40.0 Å². The van der Waals surface area contributed by atoms with Crippen molar-refractivity contribution in [1.29, 1.82) is 0 Å². The van der Waals surface area contributed by atoms with Gasteiger partial charge in [0.25, 0.3) is 11.8 Å². The second kappa shape index (κ2) is 8.61. The topological polar surface area (TPSA) is 69.7 Å². The Hall–Kier alpha value is -3.41. The second-order valence-electron chi connectivity index (χ2n) is 9.12. The minimum absolute atomic E-state index is 0.160. The molecule has 4 rings (SSSR count). The number of nitrogens with zero attached hydrogens (tertiary/aromatic N) is 2. The van der Waals surface area contributed by atoms with Crippen LogP contribution in [-0.4, -0.2) is 35.7 Å². The number of anilines is 2. The first kappa shape index (κ1) is 21.8. The first-order chi connectivity index (χ1) is 15.2. The Morgan fingerprint density at radius 1 is 0.969 bits per heavy atom. The molecule has 1 N–H and O–H groups in total. The Morgan fingerprint density at radius 2 is 1.62 bits per heavy atom. The van der Waals surface area contributed by atoms with E-state index >= 15 is 0 Å². The quantitative estimate of drug-likeness (QED) is 0.736. The van der Waals surface area contributed by atoms with Gasteiger partial charge >= 0.3 is 0 Å². The van der Waals surface area contributed by atoms with Gasteiger partial charge in [-0.25, -0.2) is 4.90 Å². The van der Waals surface area contributed by atoms with Gasteiger partial charge in [0.15, 0.2) is 0 Å². The van der Waals surface area contributed by atoms with E-state index in [1.807, 2.05) is 25.1 Å². The number of likely N-dealkylation sites (tertiary alicyclic amines) is 1. The highest BCUT2D eigenvalue weighted by molar-refractivity contribution is 6.45. The highest BCUT2D eigenvalue weighted by atomic mass is 16.2. The second-order valence-corrected chi connectivity index (χ2v) is 9.12. The maximum atomic E-state index is 13.7. The lowest BCUT2D eigenvalue weighted by atomic mass is 9.91. The summed E-state index contributed by atoms with van der Waals surface area (Å²) in [4.78, 5) is 42.1. The number of amides is 3. The largest absolute Gasteiger partial charge is 0.366 e. The van der Waals surface area contributed by atoms with Crippen LogP contribution in [0.25, 0.3) is 5.57 Å². The van der Waals surface area contributed by atoms with Gasteiger partial charge in [-0.1, -0.05) is 38.1 Å². The fraction of sp³-hybridized carbons (Fsp3) is 0.346. The van der Waals surface area contributed by atoms with Crippen molar-refractivity contribution in [2.45, 2.75) is 34.1 Å². The highest BCUT2D eigenvalue weighted by Gasteiger charge is 2.43. The van der Waals surface area contributed by atoms with Gasteiger partial charge in [0.05, 0.1) is 11.3 Å². The molecule has 6 nitrogen and oxygen atoms in total. The van der Waals surface area contributed by atoms with Gasteiger partial charge in [0.2, 0.25) is 5.91 Å². The molecule has 6 heteroatoms. The molecule has 0 saturated carbocycles. The van der Waals surface area contributed by atoms with E-state index < -0.39 is 0 Å². The van der Waals surface area contributed by atoms with Gasteiger partial charge < -0.3 is 10.2 Å². The van der Waals surface area contributed by atoms with Crippen molar-refractivity contribution in [2.75, 3.05) is 23.3 Å². The molecule has 2 aromatic carbocycles. The maximum Gasteiger partial charge on any atom is 0.282 e. The van der Waals surface area contributed by atoms with Crippen molar-refractivity contribution < 1.29 is 14.4 Å².